The average Bonchev–Trinajstić information content (AvgIpc) is 2.64. The maximum absolute atomic E-state index is 12.7. The summed E-state index contributed by atoms with van der Waals surface area (Å²) in [4.78, 5) is 14.9. The third-order valence-electron chi connectivity index (χ3n) is 5.78. The minimum atomic E-state index is -4.30. The Morgan fingerprint density at radius 2 is 1.67 bits per heavy atom. The summed E-state index contributed by atoms with van der Waals surface area (Å²) in [6.07, 6.45) is -2.04. The highest BCUT2D eigenvalue weighted by molar-refractivity contribution is 5.98. The Balaban J connectivity index is 1.40. The number of carbonyl (C=O) groups excluding carboxylic acids is 1. The molecule has 2 aliphatic heterocycles. The van der Waals surface area contributed by atoms with Crippen molar-refractivity contribution >= 4 is 11.6 Å². The summed E-state index contributed by atoms with van der Waals surface area (Å²) >= 11 is 0. The van der Waals surface area contributed by atoms with E-state index in [1.165, 1.54) is 17.7 Å². The number of piperidine rings is 1. The third kappa shape index (κ3) is 3.58. The van der Waals surface area contributed by atoms with Crippen molar-refractivity contribution in [2.75, 3.05) is 18.4 Å². The second kappa shape index (κ2) is 6.68. The van der Waals surface area contributed by atoms with Crippen LogP contribution >= 0.6 is 0 Å². The number of alkyl halides is 3. The van der Waals surface area contributed by atoms with Crippen molar-refractivity contribution in [3.63, 3.8) is 0 Å². The molecule has 0 unspecified atom stereocenters. The normalized spacial score (nSPS) is 19.6. The van der Waals surface area contributed by atoms with Gasteiger partial charge < -0.3 is 5.32 Å². The van der Waals surface area contributed by atoms with E-state index in [1.54, 1.807) is 0 Å². The molecule has 0 saturated carbocycles. The van der Waals surface area contributed by atoms with Crippen LogP contribution < -0.4 is 5.32 Å². The number of hydrogen-bond acceptors (Lipinski definition) is 2. The van der Waals surface area contributed by atoms with Gasteiger partial charge in [0.1, 0.15) is 0 Å². The van der Waals surface area contributed by atoms with Gasteiger partial charge in [0, 0.05) is 12.2 Å². The zero-order chi connectivity index (χ0) is 19.1. The Bertz CT molecular complexity index is 837. The fourth-order valence-electron chi connectivity index (χ4n) is 4.10. The van der Waals surface area contributed by atoms with Crippen LogP contribution in [0.2, 0.25) is 0 Å². The first-order valence-corrected chi connectivity index (χ1v) is 9.14. The van der Waals surface area contributed by atoms with Crippen LogP contribution in [0, 0.1) is 5.41 Å². The molecule has 3 nitrogen and oxygen atoms in total. The Hall–Kier alpha value is -2.34. The first-order chi connectivity index (χ1) is 12.9. The molecule has 0 aromatic heterocycles. The SMILES string of the molecule is O=C1Nc2ccccc2CC12CCN(Cc1ccc(C(F)(F)F)cc1)CC2. The van der Waals surface area contributed by atoms with E-state index in [4.69, 9.17) is 0 Å². The minimum absolute atomic E-state index is 0.0929. The maximum atomic E-state index is 12.7. The fraction of sp³-hybridized carbons (Fsp3) is 0.381. The monoisotopic (exact) mass is 374 g/mol. The molecule has 0 bridgehead atoms. The van der Waals surface area contributed by atoms with E-state index in [1.807, 2.05) is 18.2 Å². The Kier molecular flexibility index (Phi) is 4.46. The molecule has 6 heteroatoms. The molecule has 1 fully saturated rings. The first kappa shape index (κ1) is 18.0. The molecule has 2 aromatic rings. The molecule has 1 saturated heterocycles. The number of para-hydroxylation sites is 1. The molecule has 1 spiro atoms. The lowest BCUT2D eigenvalue weighted by molar-refractivity contribution is -0.137. The Morgan fingerprint density at radius 3 is 2.33 bits per heavy atom. The van der Waals surface area contributed by atoms with Crippen molar-refractivity contribution < 1.29 is 18.0 Å². The van der Waals surface area contributed by atoms with Gasteiger partial charge in [0.05, 0.1) is 11.0 Å². The van der Waals surface area contributed by atoms with E-state index in [-0.39, 0.29) is 11.3 Å². The summed E-state index contributed by atoms with van der Waals surface area (Å²) in [5, 5.41) is 3.04. The van der Waals surface area contributed by atoms with Gasteiger partial charge in [-0.25, -0.2) is 0 Å². The quantitative estimate of drug-likeness (QED) is 0.841. The number of halogens is 3. The van der Waals surface area contributed by atoms with Crippen molar-refractivity contribution in [3.8, 4) is 0 Å². The van der Waals surface area contributed by atoms with Crippen LogP contribution in [0.5, 0.6) is 0 Å². The van der Waals surface area contributed by atoms with Crippen LogP contribution in [-0.2, 0) is 23.9 Å². The van der Waals surface area contributed by atoms with Gasteiger partial charge in [-0.2, -0.15) is 13.2 Å². The first-order valence-electron chi connectivity index (χ1n) is 9.14. The second-order valence-electron chi connectivity index (χ2n) is 7.54. The largest absolute Gasteiger partial charge is 0.416 e. The van der Waals surface area contributed by atoms with E-state index in [2.05, 4.69) is 16.3 Å². The van der Waals surface area contributed by atoms with Crippen molar-refractivity contribution in [1.82, 2.24) is 4.90 Å². The number of carbonyl (C=O) groups is 1. The number of hydrogen-bond donors (Lipinski definition) is 1. The third-order valence-corrected chi connectivity index (χ3v) is 5.78. The molecule has 2 heterocycles. The molecule has 4 rings (SSSR count). The van der Waals surface area contributed by atoms with Crippen LogP contribution in [-0.4, -0.2) is 23.9 Å². The van der Waals surface area contributed by atoms with Crippen LogP contribution in [0.1, 0.15) is 29.5 Å². The van der Waals surface area contributed by atoms with Crippen LogP contribution in [0.3, 0.4) is 0 Å². The van der Waals surface area contributed by atoms with Gasteiger partial charge >= 0.3 is 6.18 Å². The summed E-state index contributed by atoms with van der Waals surface area (Å²) in [7, 11) is 0. The van der Waals surface area contributed by atoms with Crippen LogP contribution in [0.25, 0.3) is 0 Å². The lowest BCUT2D eigenvalue weighted by atomic mass is 9.71. The summed E-state index contributed by atoms with van der Waals surface area (Å²) < 4.78 is 38.0. The van der Waals surface area contributed by atoms with Crippen molar-refractivity contribution in [2.24, 2.45) is 5.41 Å². The van der Waals surface area contributed by atoms with Gasteiger partial charge in [-0.05, 0) is 61.7 Å². The van der Waals surface area contributed by atoms with E-state index < -0.39 is 11.7 Å². The number of amides is 1. The van der Waals surface area contributed by atoms with Gasteiger partial charge in [-0.3, -0.25) is 9.69 Å². The topological polar surface area (TPSA) is 32.3 Å². The van der Waals surface area contributed by atoms with Crippen molar-refractivity contribution in [1.29, 1.82) is 0 Å². The molecule has 2 aliphatic rings. The molecule has 27 heavy (non-hydrogen) atoms. The predicted octanol–water partition coefficient (Wildman–Crippen LogP) is 4.48. The molecule has 1 amide bonds. The fourth-order valence-corrected chi connectivity index (χ4v) is 4.10. The summed E-state index contributed by atoms with van der Waals surface area (Å²) in [5.74, 6) is 0.0929. The number of likely N-dealkylation sites (tertiary alicyclic amines) is 1. The molecule has 1 N–H and O–H groups in total. The zero-order valence-electron chi connectivity index (χ0n) is 14.9. The Labute approximate surface area is 156 Å². The molecule has 0 atom stereocenters. The number of anilines is 1. The highest BCUT2D eigenvalue weighted by Gasteiger charge is 2.44. The molecule has 142 valence electrons. The van der Waals surface area contributed by atoms with Crippen molar-refractivity contribution in [3.05, 3.63) is 65.2 Å². The molecular formula is C21H21F3N2O. The van der Waals surface area contributed by atoms with Gasteiger partial charge in [-0.15, -0.1) is 0 Å². The Morgan fingerprint density at radius 1 is 1.00 bits per heavy atom. The number of nitrogens with zero attached hydrogens (tertiary/aromatic N) is 1. The minimum Gasteiger partial charge on any atom is -0.325 e. The summed E-state index contributed by atoms with van der Waals surface area (Å²) in [6, 6.07) is 13.2. The highest BCUT2D eigenvalue weighted by atomic mass is 19.4. The lowest BCUT2D eigenvalue weighted by Gasteiger charge is -2.43. The van der Waals surface area contributed by atoms with Gasteiger partial charge in [0.2, 0.25) is 5.91 Å². The van der Waals surface area contributed by atoms with Gasteiger partial charge in [0.15, 0.2) is 0 Å². The number of rotatable bonds is 2. The average molecular weight is 374 g/mol. The zero-order valence-corrected chi connectivity index (χ0v) is 14.9. The van der Waals surface area contributed by atoms with Crippen molar-refractivity contribution in [2.45, 2.75) is 32.0 Å². The van der Waals surface area contributed by atoms with E-state index >= 15 is 0 Å². The number of benzene rings is 2. The summed E-state index contributed by atoms with van der Waals surface area (Å²) in [5.41, 5.74) is 1.94. The summed E-state index contributed by atoms with van der Waals surface area (Å²) in [6.45, 7) is 2.12. The van der Waals surface area contributed by atoms with E-state index in [0.717, 1.165) is 55.7 Å². The predicted molar refractivity (Wildman–Crippen MR) is 97.2 cm³/mol. The van der Waals surface area contributed by atoms with E-state index in [9.17, 15) is 18.0 Å². The molecule has 2 aromatic carbocycles. The highest BCUT2D eigenvalue weighted by Crippen LogP contribution is 2.41. The molecule has 0 radical (unpaired) electrons. The standard InChI is InChI=1S/C21H21F3N2O/c22-21(23,24)17-7-5-15(6-8-17)14-26-11-9-20(10-12-26)13-16-3-1-2-4-18(16)25-19(20)27/h1-8H,9-14H2,(H,25,27). The smallest absolute Gasteiger partial charge is 0.325 e. The van der Waals surface area contributed by atoms with Gasteiger partial charge in [-0.1, -0.05) is 30.3 Å². The number of nitrogens with one attached hydrogen (secondary N) is 1. The maximum Gasteiger partial charge on any atom is 0.416 e. The molecule has 0 aliphatic carbocycles. The number of fused-ring (bicyclic) bond motifs is 1. The molecular weight excluding hydrogens is 353 g/mol. The van der Waals surface area contributed by atoms with Gasteiger partial charge in [0.25, 0.3) is 0 Å². The lowest BCUT2D eigenvalue weighted by Crippen LogP contribution is -2.49. The van der Waals surface area contributed by atoms with E-state index in [0.29, 0.717) is 6.54 Å². The second-order valence-corrected chi connectivity index (χ2v) is 7.54. The van der Waals surface area contributed by atoms with Crippen LogP contribution in [0.15, 0.2) is 48.5 Å². The van der Waals surface area contributed by atoms with Crippen LogP contribution in [0.4, 0.5) is 18.9 Å².